The van der Waals surface area contributed by atoms with Crippen molar-refractivity contribution in [3.63, 3.8) is 0 Å². The van der Waals surface area contributed by atoms with E-state index in [-0.39, 0.29) is 11.2 Å². The van der Waals surface area contributed by atoms with Gasteiger partial charge in [0, 0.05) is 11.7 Å². The third kappa shape index (κ3) is 2.76. The lowest BCUT2D eigenvalue weighted by molar-refractivity contribution is 0.00578. The van der Waals surface area contributed by atoms with Crippen molar-refractivity contribution < 1.29 is 14.0 Å². The quantitative estimate of drug-likeness (QED) is 0.802. The maximum absolute atomic E-state index is 6.25. The maximum Gasteiger partial charge on any atom is 0.499 e. The van der Waals surface area contributed by atoms with Gasteiger partial charge in [-0.1, -0.05) is 13.8 Å². The Kier molecular flexibility index (Phi) is 3.77. The fourth-order valence-corrected chi connectivity index (χ4v) is 2.60. The summed E-state index contributed by atoms with van der Waals surface area (Å²) in [6.07, 6.45) is 6.27. The highest BCUT2D eigenvalue weighted by molar-refractivity contribution is 6.63. The van der Waals surface area contributed by atoms with Gasteiger partial charge in [0.05, 0.1) is 23.5 Å². The zero-order valence-electron chi connectivity index (χ0n) is 14.5. The molecule has 1 saturated heterocycles. The van der Waals surface area contributed by atoms with Crippen molar-refractivity contribution in [3.05, 3.63) is 18.0 Å². The van der Waals surface area contributed by atoms with Crippen LogP contribution in [0.4, 0.5) is 0 Å². The molecule has 1 aliphatic carbocycles. The first-order valence-corrected chi connectivity index (χ1v) is 8.21. The molecule has 1 aromatic heterocycles. The predicted molar refractivity (Wildman–Crippen MR) is 87.7 cm³/mol. The number of ether oxygens (including phenoxy) is 1. The second kappa shape index (κ2) is 5.24. The lowest BCUT2D eigenvalue weighted by atomic mass is 9.73. The van der Waals surface area contributed by atoms with Gasteiger partial charge < -0.3 is 14.0 Å². The number of rotatable bonds is 4. The summed E-state index contributed by atoms with van der Waals surface area (Å²) in [7, 11) is -0.404. The Morgan fingerprint density at radius 1 is 1.14 bits per heavy atom. The number of hydrogen-bond donors (Lipinski definition) is 0. The van der Waals surface area contributed by atoms with Crippen LogP contribution in [-0.4, -0.2) is 29.4 Å². The molecule has 4 nitrogen and oxygen atoms in total. The fraction of sp³-hybridized carbons (Fsp3) is 0.706. The van der Waals surface area contributed by atoms with Gasteiger partial charge in [0.25, 0.3) is 0 Å². The van der Waals surface area contributed by atoms with E-state index in [4.69, 9.17) is 14.0 Å². The molecule has 3 rings (SSSR count). The Morgan fingerprint density at radius 2 is 1.73 bits per heavy atom. The van der Waals surface area contributed by atoms with Gasteiger partial charge in [0.15, 0.2) is 0 Å². The first kappa shape index (κ1) is 15.8. The van der Waals surface area contributed by atoms with Crippen LogP contribution in [0.1, 0.15) is 65.9 Å². The average Bonchev–Trinajstić information content (AvgIpc) is 3.17. The third-order valence-corrected chi connectivity index (χ3v) is 4.91. The molecule has 0 atom stereocenters. The van der Waals surface area contributed by atoms with Crippen molar-refractivity contribution in [2.24, 2.45) is 0 Å². The van der Waals surface area contributed by atoms with Crippen LogP contribution in [0, 0.1) is 0 Å². The maximum atomic E-state index is 6.25. The fourth-order valence-electron chi connectivity index (χ4n) is 2.60. The summed E-state index contributed by atoms with van der Waals surface area (Å²) in [6.45, 7) is 12.6. The van der Waals surface area contributed by atoms with E-state index in [9.17, 15) is 0 Å². The monoisotopic (exact) mass is 303 g/mol. The van der Waals surface area contributed by atoms with E-state index in [0.717, 1.165) is 29.6 Å². The van der Waals surface area contributed by atoms with Crippen LogP contribution >= 0.6 is 0 Å². The van der Waals surface area contributed by atoms with E-state index in [2.05, 4.69) is 46.5 Å². The molecule has 1 aliphatic heterocycles. The number of hydrogen-bond acceptors (Lipinski definition) is 4. The molecule has 0 spiro atoms. The van der Waals surface area contributed by atoms with Crippen LogP contribution in [0.25, 0.3) is 0 Å². The molecular weight excluding hydrogens is 277 g/mol. The Morgan fingerprint density at radius 3 is 2.23 bits per heavy atom. The van der Waals surface area contributed by atoms with Crippen molar-refractivity contribution in [2.75, 3.05) is 0 Å². The summed E-state index contributed by atoms with van der Waals surface area (Å²) < 4.78 is 18.6. The Balaban J connectivity index is 2.01. The second-order valence-corrected chi connectivity index (χ2v) is 7.70. The minimum atomic E-state index is -0.404. The molecule has 22 heavy (non-hydrogen) atoms. The smallest absolute Gasteiger partial charge is 0.489 e. The molecule has 0 radical (unpaired) electrons. The summed E-state index contributed by atoms with van der Waals surface area (Å²) >= 11 is 0. The van der Waals surface area contributed by atoms with Gasteiger partial charge in [-0.05, 0) is 52.0 Å². The molecular formula is C17H26BNO3. The Hall–Kier alpha value is -1.07. The highest BCUT2D eigenvalue weighted by Gasteiger charge is 2.53. The lowest BCUT2D eigenvalue weighted by Crippen LogP contribution is -2.41. The number of pyridine rings is 1. The predicted octanol–water partition coefficient (Wildman–Crippen LogP) is 3.05. The molecule has 1 aromatic rings. The summed E-state index contributed by atoms with van der Waals surface area (Å²) in [5.74, 6) is 1.15. The van der Waals surface area contributed by atoms with E-state index in [1.165, 1.54) is 0 Å². The molecule has 2 aliphatic rings. The summed E-state index contributed by atoms with van der Waals surface area (Å²) in [6, 6.07) is 0. The summed E-state index contributed by atoms with van der Waals surface area (Å²) in [5, 5.41) is 0. The minimum Gasteiger partial charge on any atom is -0.489 e. The van der Waals surface area contributed by atoms with Gasteiger partial charge in [-0.15, -0.1) is 0 Å². The van der Waals surface area contributed by atoms with Crippen LogP contribution < -0.4 is 10.2 Å². The molecule has 2 fully saturated rings. The van der Waals surface area contributed by atoms with Crippen LogP contribution in [0.2, 0.25) is 0 Å². The van der Waals surface area contributed by atoms with E-state index in [1.54, 1.807) is 6.20 Å². The van der Waals surface area contributed by atoms with E-state index >= 15 is 0 Å². The Bertz CT molecular complexity index is 551. The number of nitrogens with zero attached hydrogens (tertiary/aromatic N) is 1. The van der Waals surface area contributed by atoms with Gasteiger partial charge in [-0.25, -0.2) is 0 Å². The average molecular weight is 303 g/mol. The van der Waals surface area contributed by atoms with E-state index < -0.39 is 7.12 Å². The SMILES string of the molecule is CC(C)c1cncc(OC2CC2)c1B1OC(C)(C)C(C)(C)O1. The van der Waals surface area contributed by atoms with Crippen molar-refractivity contribution >= 4 is 12.6 Å². The summed E-state index contributed by atoms with van der Waals surface area (Å²) in [4.78, 5) is 4.36. The molecule has 0 bridgehead atoms. The van der Waals surface area contributed by atoms with Gasteiger partial charge in [-0.3, -0.25) is 4.98 Å². The first-order valence-electron chi connectivity index (χ1n) is 8.21. The van der Waals surface area contributed by atoms with E-state index in [0.29, 0.717) is 12.0 Å². The summed E-state index contributed by atoms with van der Waals surface area (Å²) in [5.41, 5.74) is 1.44. The van der Waals surface area contributed by atoms with Gasteiger partial charge in [-0.2, -0.15) is 0 Å². The van der Waals surface area contributed by atoms with Gasteiger partial charge >= 0.3 is 7.12 Å². The largest absolute Gasteiger partial charge is 0.499 e. The highest BCUT2D eigenvalue weighted by Crippen LogP contribution is 2.38. The zero-order chi connectivity index (χ0) is 16.1. The topological polar surface area (TPSA) is 40.6 Å². The highest BCUT2D eigenvalue weighted by atomic mass is 16.7. The normalized spacial score (nSPS) is 23.1. The molecule has 0 N–H and O–H groups in total. The van der Waals surface area contributed by atoms with E-state index in [1.807, 2.05) is 6.20 Å². The van der Waals surface area contributed by atoms with Crippen molar-refractivity contribution in [3.8, 4) is 5.75 Å². The third-order valence-electron chi connectivity index (χ3n) is 4.91. The van der Waals surface area contributed by atoms with Crippen LogP contribution in [0.3, 0.4) is 0 Å². The molecule has 1 saturated carbocycles. The molecule has 0 unspecified atom stereocenters. The Labute approximate surface area is 133 Å². The van der Waals surface area contributed by atoms with Crippen molar-refractivity contribution in [1.82, 2.24) is 4.98 Å². The van der Waals surface area contributed by atoms with Gasteiger partial charge in [0.2, 0.25) is 0 Å². The van der Waals surface area contributed by atoms with Crippen molar-refractivity contribution in [1.29, 1.82) is 0 Å². The molecule has 120 valence electrons. The van der Waals surface area contributed by atoms with Crippen molar-refractivity contribution in [2.45, 2.75) is 77.6 Å². The standard InChI is InChI=1S/C17H26BNO3/c1-11(2)13-9-19-10-14(20-12-7-8-12)15(13)18-21-16(3,4)17(5,6)22-18/h9-12H,7-8H2,1-6H3. The minimum absolute atomic E-state index is 0.324. The molecule has 2 heterocycles. The van der Waals surface area contributed by atoms with Crippen LogP contribution in [0.15, 0.2) is 12.4 Å². The molecule has 5 heteroatoms. The number of aromatic nitrogens is 1. The van der Waals surface area contributed by atoms with Crippen LogP contribution in [-0.2, 0) is 9.31 Å². The lowest BCUT2D eigenvalue weighted by Gasteiger charge is -2.32. The molecule has 0 amide bonds. The van der Waals surface area contributed by atoms with Gasteiger partial charge in [0.1, 0.15) is 5.75 Å². The first-order chi connectivity index (χ1) is 10.2. The zero-order valence-corrected chi connectivity index (χ0v) is 14.5. The second-order valence-electron chi connectivity index (χ2n) is 7.70. The molecule has 0 aromatic carbocycles. The van der Waals surface area contributed by atoms with Crippen LogP contribution in [0.5, 0.6) is 5.75 Å².